The molecule has 1 fully saturated rings. The zero-order chi connectivity index (χ0) is 14.5. The molecule has 0 heterocycles. The molecule has 0 spiro atoms. The molecule has 1 aromatic rings. The summed E-state index contributed by atoms with van der Waals surface area (Å²) in [6, 6.07) is 5.98. The third-order valence-corrected chi connectivity index (χ3v) is 4.53. The molecule has 0 bridgehead atoms. The lowest BCUT2D eigenvalue weighted by Gasteiger charge is -2.20. The molecular weight excluding hydrogens is 274 g/mol. The summed E-state index contributed by atoms with van der Waals surface area (Å²) < 4.78 is 0. The summed E-state index contributed by atoms with van der Waals surface area (Å²) in [7, 11) is 0. The van der Waals surface area contributed by atoms with Gasteiger partial charge in [-0.05, 0) is 37.3 Å². The molecule has 0 aliphatic heterocycles. The zero-order valence-corrected chi connectivity index (χ0v) is 12.5. The first-order valence-corrected chi connectivity index (χ1v) is 7.49. The van der Waals surface area contributed by atoms with Gasteiger partial charge in [0.25, 0.3) is 0 Å². The third-order valence-electron chi connectivity index (χ3n) is 4.18. The molecule has 1 atom stereocenters. The van der Waals surface area contributed by atoms with E-state index in [1.165, 1.54) is 25.7 Å². The Bertz CT molecular complexity index is 484. The van der Waals surface area contributed by atoms with Gasteiger partial charge in [-0.3, -0.25) is 0 Å². The van der Waals surface area contributed by atoms with Gasteiger partial charge in [0.1, 0.15) is 0 Å². The summed E-state index contributed by atoms with van der Waals surface area (Å²) in [4.78, 5) is 0. The highest BCUT2D eigenvalue weighted by Crippen LogP contribution is 2.28. The first-order chi connectivity index (χ1) is 9.61. The number of nitrogens with two attached hydrogens (primary N) is 1. The molecule has 2 rings (SSSR count). The van der Waals surface area contributed by atoms with Crippen molar-refractivity contribution >= 4 is 17.4 Å². The first kappa shape index (κ1) is 15.1. The van der Waals surface area contributed by atoms with E-state index in [0.29, 0.717) is 16.6 Å². The van der Waals surface area contributed by atoms with Crippen LogP contribution in [0.5, 0.6) is 0 Å². The molecule has 4 nitrogen and oxygen atoms in total. The second-order valence-electron chi connectivity index (χ2n) is 5.51. The van der Waals surface area contributed by atoms with Crippen molar-refractivity contribution in [2.24, 2.45) is 16.8 Å². The number of nitrogens with one attached hydrogen (secondary N) is 1. The standard InChI is InChI=1S/C15H22ClN3O/c1-10(11-4-2-3-5-11)18-9-13-7-6-12(8-14(13)16)15(17)19-20/h6-8,10-11,18,20H,2-5,9H2,1H3,(H2,17,19)/t10-/m1/s1. The van der Waals surface area contributed by atoms with E-state index in [-0.39, 0.29) is 5.84 Å². The quantitative estimate of drug-likeness (QED) is 0.338. The maximum atomic E-state index is 8.65. The van der Waals surface area contributed by atoms with Crippen LogP contribution in [0, 0.1) is 5.92 Å². The molecule has 4 N–H and O–H groups in total. The van der Waals surface area contributed by atoms with Crippen LogP contribution in [0.15, 0.2) is 23.4 Å². The van der Waals surface area contributed by atoms with Crippen LogP contribution in [0.2, 0.25) is 5.02 Å². The Labute approximate surface area is 125 Å². The normalized spacial score (nSPS) is 18.4. The Kier molecular flexibility index (Phi) is 5.26. The van der Waals surface area contributed by atoms with E-state index >= 15 is 0 Å². The fourth-order valence-electron chi connectivity index (χ4n) is 2.80. The molecule has 0 radical (unpaired) electrons. The highest BCUT2D eigenvalue weighted by atomic mass is 35.5. The lowest BCUT2D eigenvalue weighted by molar-refractivity contribution is 0.318. The number of amidine groups is 1. The Morgan fingerprint density at radius 1 is 1.50 bits per heavy atom. The molecule has 1 aliphatic carbocycles. The molecule has 1 saturated carbocycles. The van der Waals surface area contributed by atoms with E-state index in [1.807, 2.05) is 12.1 Å². The molecule has 5 heteroatoms. The van der Waals surface area contributed by atoms with Crippen LogP contribution in [0.1, 0.15) is 43.7 Å². The van der Waals surface area contributed by atoms with Crippen LogP contribution in [0.3, 0.4) is 0 Å². The number of halogens is 1. The van der Waals surface area contributed by atoms with Crippen molar-refractivity contribution in [1.29, 1.82) is 0 Å². The Morgan fingerprint density at radius 2 is 2.20 bits per heavy atom. The second kappa shape index (κ2) is 6.95. The maximum absolute atomic E-state index is 8.65. The van der Waals surface area contributed by atoms with Gasteiger partial charge in [-0.2, -0.15) is 0 Å². The second-order valence-corrected chi connectivity index (χ2v) is 5.91. The smallest absolute Gasteiger partial charge is 0.170 e. The summed E-state index contributed by atoms with van der Waals surface area (Å²) in [6.07, 6.45) is 5.35. The molecule has 1 aliphatic rings. The van der Waals surface area contributed by atoms with Crippen LogP contribution in [0.4, 0.5) is 0 Å². The van der Waals surface area contributed by atoms with Gasteiger partial charge in [-0.1, -0.05) is 41.7 Å². The zero-order valence-electron chi connectivity index (χ0n) is 11.8. The lowest BCUT2D eigenvalue weighted by atomic mass is 9.99. The van der Waals surface area contributed by atoms with Gasteiger partial charge < -0.3 is 16.3 Å². The minimum atomic E-state index is 0.0748. The van der Waals surface area contributed by atoms with Crippen LogP contribution in [-0.2, 0) is 6.54 Å². The van der Waals surface area contributed by atoms with Gasteiger partial charge in [-0.25, -0.2) is 0 Å². The van der Waals surface area contributed by atoms with Gasteiger partial charge in [0, 0.05) is 23.2 Å². The maximum Gasteiger partial charge on any atom is 0.170 e. The molecular formula is C15H22ClN3O. The number of nitrogens with zero attached hydrogens (tertiary/aromatic N) is 1. The summed E-state index contributed by atoms with van der Waals surface area (Å²) in [5.74, 6) is 0.857. The van der Waals surface area contributed by atoms with Crippen molar-refractivity contribution in [1.82, 2.24) is 5.32 Å². The monoisotopic (exact) mass is 295 g/mol. The highest BCUT2D eigenvalue weighted by molar-refractivity contribution is 6.31. The van der Waals surface area contributed by atoms with E-state index in [0.717, 1.165) is 18.0 Å². The number of rotatable bonds is 5. The number of oxime groups is 1. The minimum Gasteiger partial charge on any atom is -0.409 e. The van der Waals surface area contributed by atoms with Gasteiger partial charge in [0.05, 0.1) is 0 Å². The van der Waals surface area contributed by atoms with E-state index < -0.39 is 0 Å². The van der Waals surface area contributed by atoms with E-state index in [2.05, 4.69) is 17.4 Å². The van der Waals surface area contributed by atoms with Gasteiger partial charge in [0.2, 0.25) is 0 Å². The van der Waals surface area contributed by atoms with Crippen LogP contribution < -0.4 is 11.1 Å². The summed E-state index contributed by atoms with van der Waals surface area (Å²) >= 11 is 6.24. The van der Waals surface area contributed by atoms with Gasteiger partial charge in [-0.15, -0.1) is 0 Å². The average Bonchev–Trinajstić information content (AvgIpc) is 2.99. The highest BCUT2D eigenvalue weighted by Gasteiger charge is 2.21. The van der Waals surface area contributed by atoms with Crippen molar-refractivity contribution in [3.8, 4) is 0 Å². The van der Waals surface area contributed by atoms with Gasteiger partial charge >= 0.3 is 0 Å². The third kappa shape index (κ3) is 3.64. The van der Waals surface area contributed by atoms with Gasteiger partial charge in [0.15, 0.2) is 5.84 Å². The molecule has 0 unspecified atom stereocenters. The molecule has 1 aromatic carbocycles. The molecule has 110 valence electrons. The Hall–Kier alpha value is -1.26. The lowest BCUT2D eigenvalue weighted by Crippen LogP contribution is -2.31. The molecule has 0 amide bonds. The topological polar surface area (TPSA) is 70.6 Å². The first-order valence-electron chi connectivity index (χ1n) is 7.11. The fraction of sp³-hybridized carbons (Fsp3) is 0.533. The summed E-state index contributed by atoms with van der Waals surface area (Å²) in [5.41, 5.74) is 7.21. The van der Waals surface area contributed by atoms with E-state index in [9.17, 15) is 0 Å². The predicted octanol–water partition coefficient (Wildman–Crippen LogP) is 3.10. The van der Waals surface area contributed by atoms with Crippen LogP contribution in [-0.4, -0.2) is 17.1 Å². The minimum absolute atomic E-state index is 0.0748. The predicted molar refractivity (Wildman–Crippen MR) is 82.2 cm³/mol. The molecule has 0 aromatic heterocycles. The van der Waals surface area contributed by atoms with Crippen molar-refractivity contribution in [3.63, 3.8) is 0 Å². The summed E-state index contributed by atoms with van der Waals surface area (Å²) in [6.45, 7) is 2.99. The molecule has 20 heavy (non-hydrogen) atoms. The van der Waals surface area contributed by atoms with Crippen molar-refractivity contribution in [2.45, 2.75) is 45.2 Å². The van der Waals surface area contributed by atoms with Crippen molar-refractivity contribution in [3.05, 3.63) is 34.3 Å². The summed E-state index contributed by atoms with van der Waals surface area (Å²) in [5, 5.41) is 15.8. The van der Waals surface area contributed by atoms with E-state index in [1.54, 1.807) is 6.07 Å². The van der Waals surface area contributed by atoms with E-state index in [4.69, 9.17) is 22.5 Å². The number of hydrogen-bond acceptors (Lipinski definition) is 3. The van der Waals surface area contributed by atoms with Crippen LogP contribution in [0.25, 0.3) is 0 Å². The number of hydrogen-bond donors (Lipinski definition) is 3. The molecule has 0 saturated heterocycles. The number of benzene rings is 1. The fourth-order valence-corrected chi connectivity index (χ4v) is 3.05. The Morgan fingerprint density at radius 3 is 2.80 bits per heavy atom. The Balaban J connectivity index is 1.96. The average molecular weight is 296 g/mol. The van der Waals surface area contributed by atoms with Crippen molar-refractivity contribution in [2.75, 3.05) is 0 Å². The van der Waals surface area contributed by atoms with Crippen molar-refractivity contribution < 1.29 is 5.21 Å². The largest absolute Gasteiger partial charge is 0.409 e. The van der Waals surface area contributed by atoms with Crippen LogP contribution >= 0.6 is 11.6 Å². The SMILES string of the molecule is C[C@@H](NCc1ccc(/C(N)=N/O)cc1Cl)C1CCCC1.